The predicted molar refractivity (Wildman–Crippen MR) is 138 cm³/mol. The molecule has 1 aliphatic rings. The summed E-state index contributed by atoms with van der Waals surface area (Å²) in [6, 6.07) is 8.19. The largest absolute Gasteiger partial charge is 0.478 e. The Bertz CT molecular complexity index is 941. The molecule has 2 rings (SSSR count). The lowest BCUT2D eigenvalue weighted by molar-refractivity contribution is -0.132. The fraction of sp³-hybridized carbons (Fsp3) is 0.481. The molecule has 1 aromatic carbocycles. The zero-order valence-electron chi connectivity index (χ0n) is 20.4. The first-order valence-corrected chi connectivity index (χ1v) is 12.3. The van der Waals surface area contributed by atoms with Crippen molar-refractivity contribution in [1.29, 1.82) is 0 Å². The monoisotopic (exact) mass is 500 g/mol. The normalized spacial score (nSPS) is 22.5. The summed E-state index contributed by atoms with van der Waals surface area (Å²) in [5.41, 5.74) is 2.90. The van der Waals surface area contributed by atoms with Gasteiger partial charge in [0.25, 0.3) is 0 Å². The molecule has 4 nitrogen and oxygen atoms in total. The quantitative estimate of drug-likeness (QED) is 0.282. The molecule has 2 atom stereocenters. The molecule has 0 bridgehead atoms. The zero-order chi connectivity index (χ0) is 24.1. The van der Waals surface area contributed by atoms with Gasteiger partial charge in [0.05, 0.1) is 11.6 Å². The number of allylic oxidation sites excluding steroid dienone is 3. The van der Waals surface area contributed by atoms with E-state index in [0.29, 0.717) is 5.57 Å². The Labute approximate surface area is 201 Å². The fourth-order valence-electron chi connectivity index (χ4n) is 4.53. The first-order chi connectivity index (χ1) is 15.1. The molecule has 1 N–H and O–H groups in total. The van der Waals surface area contributed by atoms with Crippen LogP contribution in [0.15, 0.2) is 68.8 Å². The summed E-state index contributed by atoms with van der Waals surface area (Å²) in [5.74, 6) is 0.0759. The minimum atomic E-state index is -0.885. The molecule has 0 aliphatic carbocycles. The van der Waals surface area contributed by atoms with Crippen LogP contribution in [-0.2, 0) is 10.3 Å². The number of benzene rings is 1. The fourth-order valence-corrected chi connectivity index (χ4v) is 4.79. The number of hydrogen-bond acceptors (Lipinski definition) is 3. The van der Waals surface area contributed by atoms with E-state index in [4.69, 9.17) is 4.99 Å². The summed E-state index contributed by atoms with van der Waals surface area (Å²) in [6.07, 6.45) is 9.35. The number of aliphatic imine (C=N–C) groups is 1. The van der Waals surface area contributed by atoms with Crippen molar-refractivity contribution in [2.75, 3.05) is 0 Å². The average molecular weight is 502 g/mol. The number of unbranched alkanes of at least 4 members (excludes halogenated alkanes) is 1. The first-order valence-electron chi connectivity index (χ1n) is 11.5. The van der Waals surface area contributed by atoms with Crippen molar-refractivity contribution in [1.82, 2.24) is 4.90 Å². The molecule has 0 aromatic heterocycles. The van der Waals surface area contributed by atoms with Gasteiger partial charge in [0.2, 0.25) is 0 Å². The lowest BCUT2D eigenvalue weighted by Gasteiger charge is -2.40. The van der Waals surface area contributed by atoms with E-state index in [1.54, 1.807) is 6.92 Å². The molecule has 2 unspecified atom stereocenters. The summed E-state index contributed by atoms with van der Waals surface area (Å²) < 4.78 is 1.02. The Hall–Kier alpha value is -2.14. The standard InChI is InChI=1S/C27H37BrN2O2/c1-8-11-12-13-20(9-2)25-27(7,21-14-16-22(28)17-15-21)29-23(10-3)30(25)24(18(4)5)19(6)26(31)32/h9,12-18,25H,8,10-11H2,1-7H3,(H,31,32)/b13-12-,20-9+,24-19+. The van der Waals surface area contributed by atoms with Crippen LogP contribution in [0.4, 0.5) is 0 Å². The number of carboxylic acids is 1. The molecular formula is C27H37BrN2O2. The second-order valence-electron chi connectivity index (χ2n) is 8.76. The Morgan fingerprint density at radius 2 is 1.91 bits per heavy atom. The molecule has 0 saturated heterocycles. The number of amidine groups is 1. The Balaban J connectivity index is 2.83. The van der Waals surface area contributed by atoms with Gasteiger partial charge in [-0.25, -0.2) is 4.79 Å². The highest BCUT2D eigenvalue weighted by Crippen LogP contribution is 2.45. The van der Waals surface area contributed by atoms with Gasteiger partial charge in [-0.2, -0.15) is 0 Å². The molecule has 1 aliphatic heterocycles. The number of aliphatic carboxylic acids is 1. The SMILES string of the molecule is C/C=C(\C=C/CCC)C1N(/C(=C(\C)C(=O)O)C(C)C)C(CC)=NC1(C)c1ccc(Br)cc1. The van der Waals surface area contributed by atoms with Crippen LogP contribution in [0.2, 0.25) is 0 Å². The maximum absolute atomic E-state index is 12.1. The second kappa shape index (κ2) is 11.1. The number of carbonyl (C=O) groups is 1. The summed E-state index contributed by atoms with van der Waals surface area (Å²) in [7, 11) is 0. The molecule has 1 heterocycles. The van der Waals surface area contributed by atoms with Crippen molar-refractivity contribution in [3.63, 3.8) is 0 Å². The highest BCUT2D eigenvalue weighted by molar-refractivity contribution is 9.10. The number of halogens is 1. The molecule has 5 heteroatoms. The summed E-state index contributed by atoms with van der Waals surface area (Å²) >= 11 is 3.54. The molecule has 0 fully saturated rings. The molecule has 0 spiro atoms. The molecule has 0 amide bonds. The molecule has 32 heavy (non-hydrogen) atoms. The molecular weight excluding hydrogens is 464 g/mol. The van der Waals surface area contributed by atoms with Gasteiger partial charge >= 0.3 is 5.97 Å². The van der Waals surface area contributed by atoms with E-state index in [1.807, 2.05) is 12.1 Å². The minimum Gasteiger partial charge on any atom is -0.478 e. The van der Waals surface area contributed by atoms with E-state index < -0.39 is 11.5 Å². The molecule has 174 valence electrons. The summed E-state index contributed by atoms with van der Waals surface area (Å²) in [6.45, 7) is 14.3. The van der Waals surface area contributed by atoms with E-state index in [2.05, 4.69) is 92.7 Å². The number of carboxylic acid groups (broad SMARTS) is 1. The van der Waals surface area contributed by atoms with Crippen LogP contribution >= 0.6 is 15.9 Å². The average Bonchev–Trinajstić information content (AvgIpc) is 3.04. The van der Waals surface area contributed by atoms with Gasteiger partial charge in [0.15, 0.2) is 0 Å². The lowest BCUT2D eigenvalue weighted by atomic mass is 9.80. The topological polar surface area (TPSA) is 52.9 Å². The van der Waals surface area contributed by atoms with Gasteiger partial charge < -0.3 is 10.0 Å². The molecule has 1 aromatic rings. The van der Waals surface area contributed by atoms with Gasteiger partial charge in [-0.05, 0) is 56.4 Å². The zero-order valence-corrected chi connectivity index (χ0v) is 22.0. The number of rotatable bonds is 9. The maximum atomic E-state index is 12.1. The number of hydrogen-bond donors (Lipinski definition) is 1. The lowest BCUT2D eigenvalue weighted by Crippen LogP contribution is -2.46. The van der Waals surface area contributed by atoms with Crippen molar-refractivity contribution >= 4 is 27.7 Å². The molecule has 0 radical (unpaired) electrons. The minimum absolute atomic E-state index is 0.0374. The van der Waals surface area contributed by atoms with Gasteiger partial charge in [-0.15, -0.1) is 0 Å². The van der Waals surface area contributed by atoms with Crippen LogP contribution in [0.3, 0.4) is 0 Å². The highest BCUT2D eigenvalue weighted by atomic mass is 79.9. The number of nitrogens with zero attached hydrogens (tertiary/aromatic N) is 2. The van der Waals surface area contributed by atoms with Crippen LogP contribution in [-0.4, -0.2) is 27.9 Å². The third kappa shape index (κ3) is 5.25. The van der Waals surface area contributed by atoms with Crippen LogP contribution in [0.25, 0.3) is 0 Å². The van der Waals surface area contributed by atoms with Crippen molar-refractivity contribution in [3.8, 4) is 0 Å². The third-order valence-corrected chi connectivity index (χ3v) is 6.63. The second-order valence-corrected chi connectivity index (χ2v) is 9.67. The first kappa shape index (κ1) is 26.1. The summed E-state index contributed by atoms with van der Waals surface area (Å²) in [5, 5.41) is 9.90. The van der Waals surface area contributed by atoms with Gasteiger partial charge in [0.1, 0.15) is 11.4 Å². The van der Waals surface area contributed by atoms with Gasteiger partial charge in [-0.1, -0.05) is 80.4 Å². The van der Waals surface area contributed by atoms with E-state index in [0.717, 1.165) is 46.4 Å². The van der Waals surface area contributed by atoms with Gasteiger partial charge in [-0.3, -0.25) is 4.99 Å². The van der Waals surface area contributed by atoms with E-state index in [-0.39, 0.29) is 12.0 Å². The van der Waals surface area contributed by atoms with Crippen molar-refractivity contribution < 1.29 is 9.90 Å². The van der Waals surface area contributed by atoms with Crippen LogP contribution in [0.1, 0.15) is 73.3 Å². The van der Waals surface area contributed by atoms with Crippen molar-refractivity contribution in [2.45, 2.75) is 79.3 Å². The Kier molecular flexibility index (Phi) is 9.08. The van der Waals surface area contributed by atoms with Crippen LogP contribution in [0, 0.1) is 5.92 Å². The van der Waals surface area contributed by atoms with Gasteiger partial charge in [0, 0.05) is 16.6 Å². The van der Waals surface area contributed by atoms with Crippen LogP contribution < -0.4 is 0 Å². The third-order valence-electron chi connectivity index (χ3n) is 6.10. The maximum Gasteiger partial charge on any atom is 0.333 e. The predicted octanol–water partition coefficient (Wildman–Crippen LogP) is 7.47. The smallest absolute Gasteiger partial charge is 0.333 e. The van der Waals surface area contributed by atoms with E-state index >= 15 is 0 Å². The van der Waals surface area contributed by atoms with E-state index in [9.17, 15) is 9.90 Å². The summed E-state index contributed by atoms with van der Waals surface area (Å²) in [4.78, 5) is 19.5. The Morgan fingerprint density at radius 3 is 2.38 bits per heavy atom. The van der Waals surface area contributed by atoms with E-state index in [1.165, 1.54) is 0 Å². The highest BCUT2D eigenvalue weighted by Gasteiger charge is 2.49. The Morgan fingerprint density at radius 1 is 1.28 bits per heavy atom. The van der Waals surface area contributed by atoms with Crippen molar-refractivity contribution in [3.05, 3.63) is 69.4 Å². The molecule has 0 saturated carbocycles. The van der Waals surface area contributed by atoms with Crippen molar-refractivity contribution in [2.24, 2.45) is 10.9 Å². The van der Waals surface area contributed by atoms with Crippen LogP contribution in [0.5, 0.6) is 0 Å².